The van der Waals surface area contributed by atoms with Crippen molar-refractivity contribution in [3.63, 3.8) is 0 Å². The molecule has 4 heteroatoms. The minimum Gasteiger partial charge on any atom is -0.481 e. The lowest BCUT2D eigenvalue weighted by Gasteiger charge is -1.99. The predicted molar refractivity (Wildman–Crippen MR) is 54.5 cm³/mol. The molecule has 2 rings (SSSR count). The Morgan fingerprint density at radius 2 is 2.29 bits per heavy atom. The standard InChI is InChI=1S/C10H13NO2S/c1-5-8(14-4-11-5)6-7(9(12)13)10(6,2)3/h4,6-7H,1-3H3,(H,12,13). The van der Waals surface area contributed by atoms with Gasteiger partial charge < -0.3 is 5.11 Å². The number of carboxylic acid groups (broad SMARTS) is 1. The molecule has 14 heavy (non-hydrogen) atoms. The van der Waals surface area contributed by atoms with Crippen LogP contribution in [0.5, 0.6) is 0 Å². The highest BCUT2D eigenvalue weighted by atomic mass is 32.1. The van der Waals surface area contributed by atoms with Crippen LogP contribution >= 0.6 is 11.3 Å². The van der Waals surface area contributed by atoms with Crippen LogP contribution in [-0.4, -0.2) is 16.1 Å². The van der Waals surface area contributed by atoms with E-state index in [1.54, 1.807) is 16.8 Å². The van der Waals surface area contributed by atoms with E-state index in [9.17, 15) is 4.79 Å². The largest absolute Gasteiger partial charge is 0.481 e. The second-order valence-electron chi connectivity index (χ2n) is 4.42. The van der Waals surface area contributed by atoms with Gasteiger partial charge in [-0.15, -0.1) is 11.3 Å². The van der Waals surface area contributed by atoms with Gasteiger partial charge in [0.2, 0.25) is 0 Å². The molecule has 1 heterocycles. The third-order valence-electron chi connectivity index (χ3n) is 3.16. The number of carboxylic acids is 1. The van der Waals surface area contributed by atoms with Gasteiger partial charge in [0.1, 0.15) is 0 Å². The zero-order valence-corrected chi connectivity index (χ0v) is 9.26. The Balaban J connectivity index is 2.32. The van der Waals surface area contributed by atoms with Crippen LogP contribution in [-0.2, 0) is 4.79 Å². The van der Waals surface area contributed by atoms with Crippen LogP contribution in [0.25, 0.3) is 0 Å². The number of hydrogen-bond donors (Lipinski definition) is 1. The summed E-state index contributed by atoms with van der Waals surface area (Å²) in [7, 11) is 0. The Morgan fingerprint density at radius 1 is 1.64 bits per heavy atom. The minimum absolute atomic E-state index is 0.108. The summed E-state index contributed by atoms with van der Waals surface area (Å²) in [5.74, 6) is -0.762. The van der Waals surface area contributed by atoms with Crippen LogP contribution in [0.1, 0.15) is 30.3 Å². The number of nitrogens with zero attached hydrogens (tertiary/aromatic N) is 1. The number of aliphatic carboxylic acids is 1. The average molecular weight is 211 g/mol. The van der Waals surface area contributed by atoms with Gasteiger partial charge in [-0.05, 0) is 12.3 Å². The monoisotopic (exact) mass is 211 g/mol. The maximum Gasteiger partial charge on any atom is 0.307 e. The quantitative estimate of drug-likeness (QED) is 0.816. The summed E-state index contributed by atoms with van der Waals surface area (Å²) in [5.41, 5.74) is 2.66. The predicted octanol–water partition coefficient (Wildman–Crippen LogP) is 2.28. The number of aromatic nitrogens is 1. The Morgan fingerprint density at radius 3 is 2.64 bits per heavy atom. The third-order valence-corrected chi connectivity index (χ3v) is 4.17. The molecule has 0 bridgehead atoms. The Bertz CT molecular complexity index is 383. The molecule has 0 spiro atoms. The highest BCUT2D eigenvalue weighted by molar-refractivity contribution is 7.09. The molecular formula is C10H13NO2S. The molecule has 1 saturated carbocycles. The third kappa shape index (κ3) is 1.17. The normalized spacial score (nSPS) is 28.8. The molecule has 1 aliphatic rings. The Hall–Kier alpha value is -0.900. The lowest BCUT2D eigenvalue weighted by molar-refractivity contribution is -0.139. The van der Waals surface area contributed by atoms with E-state index in [2.05, 4.69) is 4.98 Å². The molecule has 2 atom stereocenters. The van der Waals surface area contributed by atoms with Crippen molar-refractivity contribution in [2.45, 2.75) is 26.7 Å². The molecule has 1 aromatic rings. The van der Waals surface area contributed by atoms with Crippen molar-refractivity contribution in [2.24, 2.45) is 11.3 Å². The summed E-state index contributed by atoms with van der Waals surface area (Å²) >= 11 is 1.57. The molecule has 1 fully saturated rings. The molecule has 0 radical (unpaired) electrons. The van der Waals surface area contributed by atoms with Crippen molar-refractivity contribution in [1.82, 2.24) is 4.98 Å². The highest BCUT2D eigenvalue weighted by Crippen LogP contribution is 2.65. The van der Waals surface area contributed by atoms with E-state index in [0.29, 0.717) is 0 Å². The summed E-state index contributed by atoms with van der Waals surface area (Å²) in [6, 6.07) is 0. The number of thiazole rings is 1. The van der Waals surface area contributed by atoms with Crippen molar-refractivity contribution in [2.75, 3.05) is 0 Å². The first-order chi connectivity index (χ1) is 6.46. The Kier molecular flexibility index (Phi) is 1.93. The molecule has 0 aromatic carbocycles. The van der Waals surface area contributed by atoms with E-state index < -0.39 is 5.97 Å². The van der Waals surface area contributed by atoms with Gasteiger partial charge in [0.25, 0.3) is 0 Å². The summed E-state index contributed by atoms with van der Waals surface area (Å²) in [5, 5.41) is 9.03. The molecule has 1 aliphatic carbocycles. The number of rotatable bonds is 2. The van der Waals surface area contributed by atoms with Crippen molar-refractivity contribution in [3.8, 4) is 0 Å². The zero-order valence-electron chi connectivity index (χ0n) is 8.44. The van der Waals surface area contributed by atoms with Gasteiger partial charge in [0.05, 0.1) is 17.1 Å². The number of aryl methyl sites for hydroxylation is 1. The molecule has 76 valence electrons. The second kappa shape index (κ2) is 2.79. The van der Waals surface area contributed by atoms with Gasteiger partial charge in [-0.2, -0.15) is 0 Å². The molecule has 2 unspecified atom stereocenters. The van der Waals surface area contributed by atoms with E-state index in [-0.39, 0.29) is 17.3 Å². The van der Waals surface area contributed by atoms with E-state index in [1.165, 1.54) is 0 Å². The number of carbonyl (C=O) groups is 1. The molecule has 0 saturated heterocycles. The number of hydrogen-bond acceptors (Lipinski definition) is 3. The molecule has 0 aliphatic heterocycles. The van der Waals surface area contributed by atoms with Gasteiger partial charge in [0, 0.05) is 10.8 Å². The van der Waals surface area contributed by atoms with E-state index >= 15 is 0 Å². The summed E-state index contributed by atoms with van der Waals surface area (Å²) in [6.45, 7) is 5.96. The first-order valence-corrected chi connectivity index (χ1v) is 5.47. The van der Waals surface area contributed by atoms with Crippen LogP contribution in [0.3, 0.4) is 0 Å². The molecule has 1 N–H and O–H groups in total. The van der Waals surface area contributed by atoms with Gasteiger partial charge in [-0.25, -0.2) is 4.98 Å². The maximum atomic E-state index is 11.0. The molecule has 1 aromatic heterocycles. The van der Waals surface area contributed by atoms with Crippen LogP contribution in [0.2, 0.25) is 0 Å². The zero-order chi connectivity index (χ0) is 10.5. The molecular weight excluding hydrogens is 198 g/mol. The van der Waals surface area contributed by atoms with Gasteiger partial charge in [0.15, 0.2) is 0 Å². The van der Waals surface area contributed by atoms with Crippen LogP contribution in [0, 0.1) is 18.3 Å². The maximum absolute atomic E-state index is 11.0. The Labute approximate surface area is 86.8 Å². The first-order valence-electron chi connectivity index (χ1n) is 4.59. The van der Waals surface area contributed by atoms with Gasteiger partial charge >= 0.3 is 5.97 Å². The lowest BCUT2D eigenvalue weighted by atomic mass is 10.1. The second-order valence-corrected chi connectivity index (χ2v) is 5.30. The molecule has 3 nitrogen and oxygen atoms in total. The minimum atomic E-state index is -0.687. The van der Waals surface area contributed by atoms with Gasteiger partial charge in [-0.3, -0.25) is 4.79 Å². The fraction of sp³-hybridized carbons (Fsp3) is 0.600. The topological polar surface area (TPSA) is 50.2 Å². The summed E-state index contributed by atoms with van der Waals surface area (Å²) in [4.78, 5) is 16.3. The first kappa shape index (κ1) is 9.65. The fourth-order valence-electron chi connectivity index (χ4n) is 2.20. The lowest BCUT2D eigenvalue weighted by Crippen LogP contribution is -2.03. The summed E-state index contributed by atoms with van der Waals surface area (Å²) < 4.78 is 0. The van der Waals surface area contributed by atoms with Crippen molar-refractivity contribution >= 4 is 17.3 Å². The van der Waals surface area contributed by atoms with Crippen molar-refractivity contribution in [3.05, 3.63) is 16.1 Å². The van der Waals surface area contributed by atoms with E-state index in [4.69, 9.17) is 5.11 Å². The fourth-order valence-corrected chi connectivity index (χ4v) is 3.33. The van der Waals surface area contributed by atoms with Crippen molar-refractivity contribution in [1.29, 1.82) is 0 Å². The van der Waals surface area contributed by atoms with E-state index in [0.717, 1.165) is 10.6 Å². The van der Waals surface area contributed by atoms with Crippen LogP contribution in [0.15, 0.2) is 5.51 Å². The highest BCUT2D eigenvalue weighted by Gasteiger charge is 2.63. The smallest absolute Gasteiger partial charge is 0.307 e. The van der Waals surface area contributed by atoms with Crippen molar-refractivity contribution < 1.29 is 9.90 Å². The van der Waals surface area contributed by atoms with Crippen LogP contribution in [0.4, 0.5) is 0 Å². The SMILES string of the molecule is Cc1ncsc1C1C(C(=O)O)C1(C)C. The molecule has 0 amide bonds. The van der Waals surface area contributed by atoms with E-state index in [1.807, 2.05) is 20.8 Å². The average Bonchev–Trinajstić information content (AvgIpc) is 2.42. The van der Waals surface area contributed by atoms with Crippen LogP contribution < -0.4 is 0 Å². The van der Waals surface area contributed by atoms with Gasteiger partial charge in [-0.1, -0.05) is 13.8 Å². The summed E-state index contributed by atoms with van der Waals surface area (Å²) in [6.07, 6.45) is 0.